The molecule has 0 atom stereocenters. The van der Waals surface area contributed by atoms with Gasteiger partial charge in [0.2, 0.25) is 0 Å². The Hall–Kier alpha value is -1.26. The van der Waals surface area contributed by atoms with Crippen molar-refractivity contribution in [3.63, 3.8) is 0 Å². The van der Waals surface area contributed by atoms with Crippen LogP contribution in [0.5, 0.6) is 0 Å². The summed E-state index contributed by atoms with van der Waals surface area (Å²) >= 11 is 0. The molecule has 74 valence electrons. The van der Waals surface area contributed by atoms with Crippen molar-refractivity contribution in [1.82, 2.24) is 14.7 Å². The van der Waals surface area contributed by atoms with Gasteiger partial charge >= 0.3 is 12.1 Å². The molecule has 13 heavy (non-hydrogen) atoms. The molecule has 1 fully saturated rings. The van der Waals surface area contributed by atoms with Gasteiger partial charge in [0.15, 0.2) is 0 Å². The van der Waals surface area contributed by atoms with Crippen LogP contribution in [0.2, 0.25) is 0 Å². The van der Waals surface area contributed by atoms with Crippen LogP contribution in [0, 0.1) is 0 Å². The molecule has 0 aromatic carbocycles. The van der Waals surface area contributed by atoms with E-state index in [0.29, 0.717) is 19.8 Å². The Labute approximate surface area is 77.9 Å². The van der Waals surface area contributed by atoms with Crippen LogP contribution in [0.15, 0.2) is 0 Å². The van der Waals surface area contributed by atoms with Crippen molar-refractivity contribution in [3.8, 4) is 0 Å². The van der Waals surface area contributed by atoms with Gasteiger partial charge in [-0.15, -0.1) is 0 Å². The fourth-order valence-electron chi connectivity index (χ4n) is 1.30. The number of rotatable bonds is 2. The van der Waals surface area contributed by atoms with Crippen molar-refractivity contribution in [2.24, 2.45) is 0 Å². The van der Waals surface area contributed by atoms with E-state index in [1.807, 2.05) is 13.8 Å². The Morgan fingerprint density at radius 3 is 1.77 bits per heavy atom. The quantitative estimate of drug-likeness (QED) is 0.638. The second-order valence-electron chi connectivity index (χ2n) is 2.98. The maximum atomic E-state index is 11.4. The lowest BCUT2D eigenvalue weighted by Crippen LogP contribution is -2.59. The first-order valence-electron chi connectivity index (χ1n) is 4.43. The Morgan fingerprint density at radius 2 is 1.46 bits per heavy atom. The van der Waals surface area contributed by atoms with Crippen LogP contribution < -0.4 is 0 Å². The lowest BCUT2D eigenvalue weighted by molar-refractivity contribution is 0.0901. The monoisotopic (exact) mass is 185 g/mol. The fourth-order valence-corrected chi connectivity index (χ4v) is 1.30. The van der Waals surface area contributed by atoms with E-state index in [2.05, 4.69) is 0 Å². The van der Waals surface area contributed by atoms with E-state index in [1.165, 1.54) is 7.05 Å². The summed E-state index contributed by atoms with van der Waals surface area (Å²) in [5, 5.41) is 0. The van der Waals surface area contributed by atoms with Gasteiger partial charge in [-0.3, -0.25) is 0 Å². The maximum absolute atomic E-state index is 11.4. The minimum atomic E-state index is -0.211. The zero-order valence-electron chi connectivity index (χ0n) is 8.28. The predicted molar refractivity (Wildman–Crippen MR) is 48.2 cm³/mol. The molecule has 0 N–H and O–H groups in total. The molecular formula is C8H15N3O2. The van der Waals surface area contributed by atoms with Gasteiger partial charge < -0.3 is 9.80 Å². The summed E-state index contributed by atoms with van der Waals surface area (Å²) in [6.07, 6.45) is 0. The van der Waals surface area contributed by atoms with E-state index in [4.69, 9.17) is 0 Å². The van der Waals surface area contributed by atoms with E-state index in [1.54, 1.807) is 9.80 Å². The lowest BCUT2D eigenvalue weighted by atomic mass is 10.4. The molecule has 1 aliphatic rings. The largest absolute Gasteiger partial charge is 0.329 e. The predicted octanol–water partition coefficient (Wildman–Crippen LogP) is 0.773. The minimum Gasteiger partial charge on any atom is -0.307 e. The highest BCUT2D eigenvalue weighted by atomic mass is 16.2. The van der Waals surface area contributed by atoms with E-state index < -0.39 is 0 Å². The van der Waals surface area contributed by atoms with Crippen LogP contribution >= 0.6 is 0 Å². The van der Waals surface area contributed by atoms with Crippen molar-refractivity contribution in [3.05, 3.63) is 0 Å². The molecule has 1 aliphatic heterocycles. The minimum absolute atomic E-state index is 0.211. The first-order valence-corrected chi connectivity index (χ1v) is 4.43. The molecular weight excluding hydrogens is 170 g/mol. The van der Waals surface area contributed by atoms with Gasteiger partial charge in [0, 0.05) is 20.1 Å². The zero-order chi connectivity index (χ0) is 10.0. The van der Waals surface area contributed by atoms with Crippen molar-refractivity contribution in [2.45, 2.75) is 13.8 Å². The fraction of sp³-hybridized carbons (Fsp3) is 0.750. The van der Waals surface area contributed by atoms with Crippen molar-refractivity contribution in [1.29, 1.82) is 0 Å². The number of amides is 4. The van der Waals surface area contributed by atoms with Gasteiger partial charge in [-0.1, -0.05) is 0 Å². The molecule has 0 spiro atoms. The highest BCUT2D eigenvalue weighted by Crippen LogP contribution is 2.09. The average molecular weight is 185 g/mol. The molecule has 0 aromatic rings. The van der Waals surface area contributed by atoms with E-state index in [0.717, 1.165) is 4.90 Å². The number of imide groups is 1. The van der Waals surface area contributed by atoms with Crippen molar-refractivity contribution in [2.75, 3.05) is 26.8 Å². The van der Waals surface area contributed by atoms with E-state index in [9.17, 15) is 9.59 Å². The van der Waals surface area contributed by atoms with Crippen LogP contribution in [0.25, 0.3) is 0 Å². The Kier molecular flexibility index (Phi) is 2.75. The normalized spacial score (nSPS) is 18.5. The molecule has 0 bridgehead atoms. The molecule has 1 rings (SSSR count). The molecule has 0 radical (unpaired) electrons. The molecule has 0 saturated carbocycles. The van der Waals surface area contributed by atoms with Crippen LogP contribution in [0.1, 0.15) is 13.8 Å². The number of carbonyl (C=O) groups is 2. The lowest BCUT2D eigenvalue weighted by Gasteiger charge is -2.38. The third kappa shape index (κ3) is 1.59. The maximum Gasteiger partial charge on any atom is 0.329 e. The van der Waals surface area contributed by atoms with Gasteiger partial charge in [-0.05, 0) is 13.8 Å². The average Bonchev–Trinajstić information content (AvgIpc) is 2.15. The van der Waals surface area contributed by atoms with Crippen molar-refractivity contribution < 1.29 is 9.59 Å². The first-order chi connectivity index (χ1) is 6.11. The molecule has 0 unspecified atom stereocenters. The topological polar surface area (TPSA) is 43.9 Å². The van der Waals surface area contributed by atoms with Gasteiger partial charge in [0.1, 0.15) is 0 Å². The number of carbonyl (C=O) groups excluding carboxylic acids is 2. The molecule has 5 heteroatoms. The Balaban J connectivity index is 2.78. The summed E-state index contributed by atoms with van der Waals surface area (Å²) in [6.45, 7) is 5.47. The summed E-state index contributed by atoms with van der Waals surface area (Å²) in [6, 6.07) is -0.422. The third-order valence-corrected chi connectivity index (χ3v) is 2.22. The van der Waals surface area contributed by atoms with E-state index >= 15 is 0 Å². The summed E-state index contributed by atoms with van der Waals surface area (Å²) in [5.41, 5.74) is 0. The molecule has 0 aliphatic carbocycles. The Bertz CT molecular complexity index is 207. The highest BCUT2D eigenvalue weighted by molar-refractivity contribution is 5.95. The van der Waals surface area contributed by atoms with Crippen LogP contribution in [-0.2, 0) is 0 Å². The Morgan fingerprint density at radius 1 is 1.08 bits per heavy atom. The number of hydrogen-bond donors (Lipinski definition) is 0. The van der Waals surface area contributed by atoms with Gasteiger partial charge in [0.25, 0.3) is 0 Å². The first kappa shape index (κ1) is 9.83. The van der Waals surface area contributed by atoms with Gasteiger partial charge in [-0.25, -0.2) is 14.5 Å². The summed E-state index contributed by atoms with van der Waals surface area (Å²) in [5.74, 6) is 0. The van der Waals surface area contributed by atoms with Gasteiger partial charge in [0.05, 0.1) is 6.67 Å². The molecule has 5 nitrogen and oxygen atoms in total. The number of hydrogen-bond acceptors (Lipinski definition) is 2. The van der Waals surface area contributed by atoms with Crippen LogP contribution in [0.3, 0.4) is 0 Å². The zero-order valence-corrected chi connectivity index (χ0v) is 8.28. The second kappa shape index (κ2) is 3.64. The molecule has 1 saturated heterocycles. The molecule has 1 heterocycles. The van der Waals surface area contributed by atoms with Crippen LogP contribution in [0.4, 0.5) is 9.59 Å². The summed E-state index contributed by atoms with van der Waals surface area (Å²) < 4.78 is 0. The molecule has 4 amide bonds. The van der Waals surface area contributed by atoms with E-state index in [-0.39, 0.29) is 12.1 Å². The summed E-state index contributed by atoms with van der Waals surface area (Å²) in [7, 11) is 1.51. The van der Waals surface area contributed by atoms with Crippen LogP contribution in [-0.4, -0.2) is 53.6 Å². The molecule has 0 aromatic heterocycles. The third-order valence-electron chi connectivity index (χ3n) is 2.22. The van der Waals surface area contributed by atoms with Crippen molar-refractivity contribution >= 4 is 12.1 Å². The second-order valence-corrected chi connectivity index (χ2v) is 2.98. The standard InChI is InChI=1S/C8H15N3O2/c1-4-10-6-11(5-2)8(13)9(3)7(10)12/h4-6H2,1-3H3. The van der Waals surface area contributed by atoms with Gasteiger partial charge in [-0.2, -0.15) is 0 Å². The summed E-state index contributed by atoms with van der Waals surface area (Å²) in [4.78, 5) is 27.3. The number of nitrogens with zero attached hydrogens (tertiary/aromatic N) is 3. The number of urea groups is 2. The SMILES string of the molecule is CCN1CN(CC)C(=O)N(C)C1=O. The highest BCUT2D eigenvalue weighted by Gasteiger charge is 2.32. The smallest absolute Gasteiger partial charge is 0.307 e.